The molecule has 0 N–H and O–H groups in total. The molecule has 1 aliphatic rings. The SMILES string of the molecule is CCCCCCCC(=O)OCCOCCOCCOCCOCCOCCOCCOCCOCCOCCN(C)C(=O)OCC1c2ccccc2-c2ccccc21. The van der Waals surface area contributed by atoms with Crippen molar-refractivity contribution in [2.45, 2.75) is 51.4 Å². The number of hydrogen-bond donors (Lipinski definition) is 0. The van der Waals surface area contributed by atoms with Crippen molar-refractivity contribution in [2.24, 2.45) is 0 Å². The van der Waals surface area contributed by atoms with E-state index in [0.29, 0.717) is 138 Å². The van der Waals surface area contributed by atoms with Crippen LogP contribution in [0.3, 0.4) is 0 Å². The second-order valence-electron chi connectivity index (χ2n) is 13.6. The summed E-state index contributed by atoms with van der Waals surface area (Å²) < 4.78 is 60.5. The molecule has 0 saturated heterocycles. The summed E-state index contributed by atoms with van der Waals surface area (Å²) in [5.41, 5.74) is 4.79. The fraction of sp³-hybridized carbons (Fsp3) is 0.682. The third-order valence-electron chi connectivity index (χ3n) is 9.17. The Labute approximate surface area is 345 Å². The van der Waals surface area contributed by atoms with Crippen LogP contribution in [0.5, 0.6) is 0 Å². The summed E-state index contributed by atoms with van der Waals surface area (Å²) in [6.45, 7) is 11.4. The van der Waals surface area contributed by atoms with Gasteiger partial charge in [-0.1, -0.05) is 81.1 Å². The second kappa shape index (κ2) is 33.6. The number of rotatable bonds is 38. The minimum Gasteiger partial charge on any atom is -0.463 e. The number of hydrogen-bond acceptors (Lipinski definition) is 13. The Hall–Kier alpha value is -3.18. The number of esters is 1. The Morgan fingerprint density at radius 1 is 0.483 bits per heavy atom. The highest BCUT2D eigenvalue weighted by atomic mass is 16.6. The topological polar surface area (TPSA) is 139 Å². The van der Waals surface area contributed by atoms with Gasteiger partial charge in [0.1, 0.15) is 13.2 Å². The molecule has 3 rings (SSSR count). The first kappa shape index (κ1) is 49.2. The fourth-order valence-corrected chi connectivity index (χ4v) is 6.02. The molecule has 14 heteroatoms. The van der Waals surface area contributed by atoms with Crippen molar-refractivity contribution in [3.05, 3.63) is 59.7 Å². The predicted molar refractivity (Wildman–Crippen MR) is 219 cm³/mol. The molecule has 0 unspecified atom stereocenters. The van der Waals surface area contributed by atoms with Gasteiger partial charge in [-0.2, -0.15) is 0 Å². The van der Waals surface area contributed by atoms with Gasteiger partial charge in [-0.3, -0.25) is 4.79 Å². The molecule has 14 nitrogen and oxygen atoms in total. The van der Waals surface area contributed by atoms with Crippen LogP contribution in [0.4, 0.5) is 4.79 Å². The van der Waals surface area contributed by atoms with Crippen molar-refractivity contribution in [2.75, 3.05) is 146 Å². The molecule has 0 atom stereocenters. The van der Waals surface area contributed by atoms with E-state index in [-0.39, 0.29) is 24.6 Å². The Kier molecular flexibility index (Phi) is 28.5. The fourth-order valence-electron chi connectivity index (χ4n) is 6.02. The lowest BCUT2D eigenvalue weighted by Crippen LogP contribution is -2.32. The largest absolute Gasteiger partial charge is 0.463 e. The number of benzene rings is 2. The summed E-state index contributed by atoms with van der Waals surface area (Å²) >= 11 is 0. The molecule has 0 aromatic heterocycles. The molecule has 0 fully saturated rings. The molecule has 0 spiro atoms. The van der Waals surface area contributed by atoms with Gasteiger partial charge in [-0.15, -0.1) is 0 Å². The lowest BCUT2D eigenvalue weighted by Gasteiger charge is -2.19. The van der Waals surface area contributed by atoms with Crippen LogP contribution >= 0.6 is 0 Å². The summed E-state index contributed by atoms with van der Waals surface area (Å²) in [5, 5.41) is 0. The van der Waals surface area contributed by atoms with E-state index in [1.54, 1.807) is 7.05 Å². The lowest BCUT2D eigenvalue weighted by atomic mass is 9.98. The maximum atomic E-state index is 12.6. The first-order chi connectivity index (χ1) is 28.6. The third kappa shape index (κ3) is 22.3. The van der Waals surface area contributed by atoms with Crippen LogP contribution in [0.25, 0.3) is 11.1 Å². The molecule has 328 valence electrons. The van der Waals surface area contributed by atoms with Crippen molar-refractivity contribution in [3.63, 3.8) is 0 Å². The smallest absolute Gasteiger partial charge is 0.409 e. The van der Waals surface area contributed by atoms with Gasteiger partial charge < -0.3 is 57.0 Å². The lowest BCUT2D eigenvalue weighted by molar-refractivity contribution is -0.145. The molecule has 2 aromatic carbocycles. The van der Waals surface area contributed by atoms with Crippen LogP contribution in [0.2, 0.25) is 0 Å². The summed E-state index contributed by atoms with van der Waals surface area (Å²) in [5.74, 6) is -0.116. The zero-order valence-corrected chi connectivity index (χ0v) is 35.0. The first-order valence-corrected chi connectivity index (χ1v) is 21.0. The summed E-state index contributed by atoms with van der Waals surface area (Å²) in [7, 11) is 1.71. The highest BCUT2D eigenvalue weighted by Crippen LogP contribution is 2.44. The minimum absolute atomic E-state index is 0.0358. The van der Waals surface area contributed by atoms with Crippen LogP contribution in [-0.4, -0.2) is 163 Å². The number of carbonyl (C=O) groups excluding carboxylic acids is 2. The van der Waals surface area contributed by atoms with Gasteiger partial charge in [0.2, 0.25) is 0 Å². The quantitative estimate of drug-likeness (QED) is 0.0586. The summed E-state index contributed by atoms with van der Waals surface area (Å²) in [6.07, 6.45) is 5.68. The molecule has 0 radical (unpaired) electrons. The number of ether oxygens (including phenoxy) is 11. The monoisotopic (exact) mass is 819 g/mol. The van der Waals surface area contributed by atoms with Crippen molar-refractivity contribution in [1.82, 2.24) is 4.90 Å². The van der Waals surface area contributed by atoms with Crippen LogP contribution < -0.4 is 0 Å². The van der Waals surface area contributed by atoms with Gasteiger partial charge >= 0.3 is 12.1 Å². The summed E-state index contributed by atoms with van der Waals surface area (Å²) in [6, 6.07) is 16.6. The average molecular weight is 820 g/mol. The average Bonchev–Trinajstić information content (AvgIpc) is 3.56. The van der Waals surface area contributed by atoms with Crippen LogP contribution in [-0.2, 0) is 56.9 Å². The van der Waals surface area contributed by atoms with E-state index in [9.17, 15) is 9.59 Å². The first-order valence-electron chi connectivity index (χ1n) is 21.0. The summed E-state index contributed by atoms with van der Waals surface area (Å²) in [4.78, 5) is 25.8. The number of carbonyl (C=O) groups is 2. The van der Waals surface area contributed by atoms with Gasteiger partial charge in [-0.05, 0) is 28.7 Å². The van der Waals surface area contributed by atoms with Crippen molar-refractivity contribution < 1.29 is 61.7 Å². The predicted octanol–water partition coefficient (Wildman–Crippen LogP) is 5.92. The third-order valence-corrected chi connectivity index (χ3v) is 9.17. The molecule has 1 amide bonds. The maximum absolute atomic E-state index is 12.6. The molecule has 58 heavy (non-hydrogen) atoms. The minimum atomic E-state index is -0.367. The Morgan fingerprint density at radius 2 is 0.862 bits per heavy atom. The van der Waals surface area contributed by atoms with Crippen molar-refractivity contribution >= 4 is 12.1 Å². The van der Waals surface area contributed by atoms with E-state index in [2.05, 4.69) is 31.2 Å². The Morgan fingerprint density at radius 3 is 1.29 bits per heavy atom. The molecule has 0 saturated carbocycles. The van der Waals surface area contributed by atoms with Gasteiger partial charge in [0, 0.05) is 25.9 Å². The van der Waals surface area contributed by atoms with Crippen molar-refractivity contribution in [1.29, 1.82) is 0 Å². The van der Waals surface area contributed by atoms with Crippen LogP contribution in [0.15, 0.2) is 48.5 Å². The van der Waals surface area contributed by atoms with Gasteiger partial charge in [0.25, 0.3) is 0 Å². The van der Waals surface area contributed by atoms with Gasteiger partial charge in [0.15, 0.2) is 0 Å². The number of likely N-dealkylation sites (N-methyl/N-ethyl adjacent to an activating group) is 1. The van der Waals surface area contributed by atoms with Crippen LogP contribution in [0, 0.1) is 0 Å². The zero-order chi connectivity index (χ0) is 41.1. The second-order valence-corrected chi connectivity index (χ2v) is 13.6. The van der Waals surface area contributed by atoms with Gasteiger partial charge in [-0.25, -0.2) is 4.79 Å². The zero-order valence-electron chi connectivity index (χ0n) is 35.0. The normalized spacial score (nSPS) is 12.1. The molecule has 2 aromatic rings. The van der Waals surface area contributed by atoms with E-state index in [4.69, 9.17) is 52.1 Å². The highest BCUT2D eigenvalue weighted by molar-refractivity contribution is 5.79. The molecular formula is C44H69NO13. The van der Waals surface area contributed by atoms with Crippen molar-refractivity contribution in [3.8, 4) is 11.1 Å². The standard InChI is InChI=1S/C44H69NO13/c1-3-4-5-6-7-16-43(46)57-36-35-56-34-33-55-32-31-54-30-29-53-28-27-52-26-25-51-24-23-50-22-21-49-20-19-48-18-17-45(2)44(47)58-37-42-40-14-10-8-12-38(40)39-13-9-11-15-41(39)42/h8-15,42H,3-7,16-37H2,1-2H3. The molecule has 0 bridgehead atoms. The maximum Gasteiger partial charge on any atom is 0.409 e. The van der Waals surface area contributed by atoms with Gasteiger partial charge in [0.05, 0.1) is 119 Å². The molecule has 0 aliphatic heterocycles. The molecular weight excluding hydrogens is 750 g/mol. The molecule has 0 heterocycles. The van der Waals surface area contributed by atoms with Crippen LogP contribution in [0.1, 0.15) is 62.5 Å². The van der Waals surface area contributed by atoms with E-state index in [0.717, 1.165) is 12.8 Å². The van der Waals surface area contributed by atoms with E-state index >= 15 is 0 Å². The Balaban J connectivity index is 0.960. The number of unbranched alkanes of at least 4 members (excludes halogenated alkanes) is 4. The number of amides is 1. The Bertz CT molecular complexity index is 1290. The molecule has 1 aliphatic carbocycles. The highest BCUT2D eigenvalue weighted by Gasteiger charge is 2.29. The number of nitrogens with zero attached hydrogens (tertiary/aromatic N) is 1. The number of fused-ring (bicyclic) bond motifs is 3. The van der Waals surface area contributed by atoms with E-state index in [1.165, 1.54) is 46.4 Å². The van der Waals surface area contributed by atoms with E-state index in [1.807, 2.05) is 24.3 Å². The van der Waals surface area contributed by atoms with E-state index < -0.39 is 0 Å².